The van der Waals surface area contributed by atoms with Gasteiger partial charge in [-0.25, -0.2) is 9.97 Å². The van der Waals surface area contributed by atoms with Gasteiger partial charge in [-0.1, -0.05) is 61.5 Å². The van der Waals surface area contributed by atoms with Crippen LogP contribution in [0.4, 0.5) is 0 Å². The number of aromatic amines is 2. The van der Waals surface area contributed by atoms with Gasteiger partial charge in [0.25, 0.3) is 0 Å². The molecule has 0 saturated heterocycles. The molecule has 0 saturated carbocycles. The van der Waals surface area contributed by atoms with Crippen molar-refractivity contribution in [3.05, 3.63) is 71.4 Å². The van der Waals surface area contributed by atoms with Crippen molar-refractivity contribution in [1.82, 2.24) is 19.9 Å². The predicted octanol–water partition coefficient (Wildman–Crippen LogP) is 9.37. The fraction of sp³-hybridized carbons (Fsp3) is 0.353. The lowest BCUT2D eigenvalue weighted by Gasteiger charge is -2.30. The second-order valence-electron chi connectivity index (χ2n) is 10.4. The maximum absolute atomic E-state index is 6.30. The van der Waals surface area contributed by atoms with Crippen molar-refractivity contribution in [2.45, 2.75) is 80.4 Å². The number of ether oxygens (including phenoxy) is 2. The second kappa shape index (κ2) is 11.2. The molecule has 6 nitrogen and oxygen atoms in total. The lowest BCUT2D eigenvalue weighted by Crippen LogP contribution is -2.15. The molecule has 2 N–H and O–H groups in total. The number of nitrogens with zero attached hydrogens (tertiary/aromatic N) is 2. The summed E-state index contributed by atoms with van der Waals surface area (Å²) in [5.74, 6) is 4.44. The standard InChI is InChI=1S/C30H28N4O2.2C2H6/c1-15(2)29-31-12-24(34-29)19-10-25-28-26(11-19)36-14-21-8-18(7-20(13-35-25)27(21)28)17-5-6-22-23(9-17)33-30(32-22)16(3)4;2*1-2/h5-12,15-16H,13-14H2,1-4H3,(H,31,34)(H,32,33);2*1-2H3. The molecule has 0 aliphatic carbocycles. The van der Waals surface area contributed by atoms with Crippen LogP contribution in [0, 0.1) is 0 Å². The highest BCUT2D eigenvalue weighted by atomic mass is 16.5. The molecule has 0 atom stereocenters. The van der Waals surface area contributed by atoms with Gasteiger partial charge in [0, 0.05) is 23.0 Å². The van der Waals surface area contributed by atoms with Crippen LogP contribution < -0.4 is 9.47 Å². The quantitative estimate of drug-likeness (QED) is 0.240. The molecule has 7 rings (SSSR count). The third-order valence-electron chi connectivity index (χ3n) is 7.22. The van der Waals surface area contributed by atoms with E-state index in [0.29, 0.717) is 25.0 Å². The Bertz CT molecular complexity index is 1610. The number of hydrogen-bond donors (Lipinski definition) is 2. The van der Waals surface area contributed by atoms with Crippen molar-refractivity contribution in [3.8, 4) is 45.0 Å². The van der Waals surface area contributed by atoms with E-state index in [9.17, 15) is 0 Å². The van der Waals surface area contributed by atoms with Crippen LogP contribution in [0.15, 0.2) is 48.7 Å². The smallest absolute Gasteiger partial charge is 0.132 e. The average molecular weight is 537 g/mol. The van der Waals surface area contributed by atoms with Gasteiger partial charge in [-0.3, -0.25) is 0 Å². The molecule has 3 aromatic carbocycles. The summed E-state index contributed by atoms with van der Waals surface area (Å²) >= 11 is 0. The third kappa shape index (κ3) is 4.76. The zero-order chi connectivity index (χ0) is 28.6. The van der Waals surface area contributed by atoms with Crippen LogP contribution in [0.1, 0.15) is 90.0 Å². The third-order valence-corrected chi connectivity index (χ3v) is 7.22. The molecule has 5 aromatic rings. The van der Waals surface area contributed by atoms with E-state index in [4.69, 9.17) is 14.5 Å². The Hall–Kier alpha value is -4.06. The highest BCUT2D eigenvalue weighted by molar-refractivity contribution is 5.90. The summed E-state index contributed by atoms with van der Waals surface area (Å²) in [5, 5.41) is 0. The van der Waals surface area contributed by atoms with Crippen molar-refractivity contribution in [1.29, 1.82) is 0 Å². The van der Waals surface area contributed by atoms with Crippen LogP contribution in [-0.2, 0) is 13.2 Å². The maximum Gasteiger partial charge on any atom is 0.132 e. The Kier molecular flexibility index (Phi) is 7.70. The molecule has 0 unspecified atom stereocenters. The highest BCUT2D eigenvalue weighted by Crippen LogP contribution is 2.51. The molecule has 0 amide bonds. The molecule has 40 heavy (non-hydrogen) atoms. The first kappa shape index (κ1) is 27.5. The summed E-state index contributed by atoms with van der Waals surface area (Å²) in [5.41, 5.74) is 11.1. The Labute approximate surface area is 237 Å². The van der Waals surface area contributed by atoms with E-state index in [1.165, 1.54) is 22.3 Å². The molecule has 0 radical (unpaired) electrons. The summed E-state index contributed by atoms with van der Waals surface area (Å²) in [6.07, 6.45) is 1.89. The normalized spacial score (nSPS) is 12.7. The monoisotopic (exact) mass is 536 g/mol. The molecule has 2 aliphatic heterocycles. The van der Waals surface area contributed by atoms with Crippen LogP contribution in [0.2, 0.25) is 0 Å². The number of hydrogen-bond acceptors (Lipinski definition) is 4. The van der Waals surface area contributed by atoms with Crippen molar-refractivity contribution < 1.29 is 9.47 Å². The average Bonchev–Trinajstić information content (AvgIpc) is 3.65. The van der Waals surface area contributed by atoms with Gasteiger partial charge in [0.15, 0.2) is 0 Å². The molecule has 0 bridgehead atoms. The number of imidazole rings is 2. The van der Waals surface area contributed by atoms with Gasteiger partial charge in [0.05, 0.1) is 28.5 Å². The largest absolute Gasteiger partial charge is 0.488 e. The van der Waals surface area contributed by atoms with Gasteiger partial charge in [0.2, 0.25) is 0 Å². The van der Waals surface area contributed by atoms with E-state index in [0.717, 1.165) is 56.6 Å². The minimum atomic E-state index is 0.345. The number of benzene rings is 3. The predicted molar refractivity (Wildman–Crippen MR) is 164 cm³/mol. The van der Waals surface area contributed by atoms with Gasteiger partial charge in [-0.2, -0.15) is 0 Å². The van der Waals surface area contributed by atoms with Crippen molar-refractivity contribution in [3.63, 3.8) is 0 Å². The van der Waals surface area contributed by atoms with Crippen molar-refractivity contribution in [2.24, 2.45) is 0 Å². The number of rotatable bonds is 4. The first-order valence-electron chi connectivity index (χ1n) is 14.6. The van der Waals surface area contributed by atoms with Crippen molar-refractivity contribution >= 4 is 11.0 Å². The minimum Gasteiger partial charge on any atom is -0.488 e. The first-order valence-corrected chi connectivity index (χ1v) is 14.6. The van der Waals surface area contributed by atoms with Gasteiger partial charge in [0.1, 0.15) is 36.4 Å². The molecule has 208 valence electrons. The fourth-order valence-electron chi connectivity index (χ4n) is 5.27. The van der Waals surface area contributed by atoms with E-state index in [-0.39, 0.29) is 0 Å². The van der Waals surface area contributed by atoms with Crippen LogP contribution in [0.5, 0.6) is 11.5 Å². The van der Waals surface area contributed by atoms with Crippen LogP contribution in [0.25, 0.3) is 44.5 Å². The van der Waals surface area contributed by atoms with Crippen LogP contribution >= 0.6 is 0 Å². The Morgan fingerprint density at radius 3 is 1.88 bits per heavy atom. The van der Waals surface area contributed by atoms with E-state index < -0.39 is 0 Å². The van der Waals surface area contributed by atoms with E-state index in [1.807, 2.05) is 33.9 Å². The molecule has 2 aromatic heterocycles. The summed E-state index contributed by atoms with van der Waals surface area (Å²) in [7, 11) is 0. The van der Waals surface area contributed by atoms with Crippen LogP contribution in [0.3, 0.4) is 0 Å². The molecule has 6 heteroatoms. The Morgan fingerprint density at radius 1 is 0.675 bits per heavy atom. The zero-order valence-corrected chi connectivity index (χ0v) is 24.9. The molecular weight excluding hydrogens is 496 g/mol. The van der Waals surface area contributed by atoms with Gasteiger partial charge >= 0.3 is 0 Å². The maximum atomic E-state index is 6.30. The van der Waals surface area contributed by atoms with E-state index in [2.05, 4.69) is 85.1 Å². The van der Waals surface area contributed by atoms with Gasteiger partial charge in [-0.05, 0) is 58.7 Å². The number of H-pyrrole nitrogens is 2. The lowest BCUT2D eigenvalue weighted by molar-refractivity contribution is 0.277. The molecular formula is C34H40N4O2. The second-order valence-corrected chi connectivity index (χ2v) is 10.4. The van der Waals surface area contributed by atoms with Gasteiger partial charge in [-0.15, -0.1) is 0 Å². The minimum absolute atomic E-state index is 0.345. The zero-order valence-electron chi connectivity index (χ0n) is 24.9. The van der Waals surface area contributed by atoms with E-state index in [1.54, 1.807) is 0 Å². The summed E-state index contributed by atoms with van der Waals surface area (Å²) in [4.78, 5) is 16.2. The fourth-order valence-corrected chi connectivity index (χ4v) is 5.27. The van der Waals surface area contributed by atoms with Crippen molar-refractivity contribution in [2.75, 3.05) is 0 Å². The topological polar surface area (TPSA) is 75.8 Å². The molecule has 2 aliphatic rings. The van der Waals surface area contributed by atoms with Crippen LogP contribution in [-0.4, -0.2) is 19.9 Å². The Morgan fingerprint density at radius 2 is 1.30 bits per heavy atom. The highest BCUT2D eigenvalue weighted by Gasteiger charge is 2.30. The van der Waals surface area contributed by atoms with Gasteiger partial charge < -0.3 is 19.4 Å². The molecule has 0 spiro atoms. The molecule has 0 fully saturated rings. The number of fused-ring (bicyclic) bond motifs is 1. The SMILES string of the molecule is CC.CC.CC(C)c1ncc(-c2cc3c4c(c2)OCc2cc(-c5ccc6nc(C(C)C)[nH]c6c5)cc(c2-4)CO3)[nH]1. The lowest BCUT2D eigenvalue weighted by atomic mass is 9.86. The number of nitrogens with one attached hydrogen (secondary N) is 2. The summed E-state index contributed by atoms with van der Waals surface area (Å²) < 4.78 is 12.6. The summed E-state index contributed by atoms with van der Waals surface area (Å²) in [6, 6.07) is 15.2. The number of aromatic nitrogens is 4. The molecule has 4 heterocycles. The Balaban J connectivity index is 0.000000774. The summed E-state index contributed by atoms with van der Waals surface area (Å²) in [6.45, 7) is 17.6. The van der Waals surface area contributed by atoms with E-state index >= 15 is 0 Å². The first-order chi connectivity index (χ1) is 19.4.